The number of fused-ring (bicyclic) bond motifs is 3. The van der Waals surface area contributed by atoms with Gasteiger partial charge in [0.2, 0.25) is 0 Å². The second kappa shape index (κ2) is 9.47. The molecule has 1 atom stereocenters. The molecule has 4 rings (SSSR count). The molecule has 0 radical (unpaired) electrons. The van der Waals surface area contributed by atoms with Crippen LogP contribution in [0.3, 0.4) is 0 Å². The zero-order chi connectivity index (χ0) is 24.4. The molecule has 0 fully saturated rings. The lowest BCUT2D eigenvalue weighted by molar-refractivity contribution is -0.139. The van der Waals surface area contributed by atoms with Crippen LogP contribution < -0.4 is 10.1 Å². The second-order valence-electron chi connectivity index (χ2n) is 8.41. The standard InChI is InChI=1S/C27H27NO6/c1-15-12-24(33-3)16(2)21(25(15)29)13-23(26(30)31)28-27(32)34-14-22-19-10-6-4-8-17(19)18-9-5-7-11-20(18)22/h4-12,22-23,29H,13-14H2,1-3H3,(H,28,32)(H,30,31). The van der Waals surface area contributed by atoms with Gasteiger partial charge in [-0.2, -0.15) is 0 Å². The third kappa shape index (κ3) is 4.29. The summed E-state index contributed by atoms with van der Waals surface area (Å²) in [6, 6.07) is 16.3. The summed E-state index contributed by atoms with van der Waals surface area (Å²) in [7, 11) is 1.51. The molecule has 7 heteroatoms. The first-order valence-electron chi connectivity index (χ1n) is 11.0. The predicted molar refractivity (Wildman–Crippen MR) is 127 cm³/mol. The van der Waals surface area contributed by atoms with Crippen LogP contribution in [0.4, 0.5) is 4.79 Å². The van der Waals surface area contributed by atoms with Crippen LogP contribution in [-0.4, -0.2) is 42.0 Å². The Morgan fingerprint density at radius 2 is 1.62 bits per heavy atom. The Morgan fingerprint density at radius 1 is 1.03 bits per heavy atom. The molecule has 0 aromatic heterocycles. The van der Waals surface area contributed by atoms with Crippen molar-refractivity contribution in [3.63, 3.8) is 0 Å². The summed E-state index contributed by atoms with van der Waals surface area (Å²) < 4.78 is 10.8. The number of carbonyl (C=O) groups excluding carboxylic acids is 1. The van der Waals surface area contributed by atoms with Crippen LogP contribution in [0.5, 0.6) is 11.5 Å². The molecule has 7 nitrogen and oxygen atoms in total. The quantitative estimate of drug-likeness (QED) is 0.477. The molecular weight excluding hydrogens is 434 g/mol. The van der Waals surface area contributed by atoms with Crippen molar-refractivity contribution in [3.8, 4) is 22.6 Å². The van der Waals surface area contributed by atoms with E-state index in [-0.39, 0.29) is 24.7 Å². The van der Waals surface area contributed by atoms with Crippen molar-refractivity contribution in [1.82, 2.24) is 5.32 Å². The van der Waals surface area contributed by atoms with Gasteiger partial charge >= 0.3 is 12.1 Å². The fourth-order valence-corrected chi connectivity index (χ4v) is 4.59. The summed E-state index contributed by atoms with van der Waals surface area (Å²) in [4.78, 5) is 24.5. The van der Waals surface area contributed by atoms with Gasteiger partial charge in [-0.3, -0.25) is 0 Å². The third-order valence-electron chi connectivity index (χ3n) is 6.39. The Balaban J connectivity index is 1.48. The Labute approximate surface area is 198 Å². The highest BCUT2D eigenvalue weighted by atomic mass is 16.5. The summed E-state index contributed by atoms with van der Waals surface area (Å²) in [5.41, 5.74) is 5.93. The maximum atomic E-state index is 12.6. The van der Waals surface area contributed by atoms with Gasteiger partial charge in [-0.25, -0.2) is 9.59 Å². The lowest BCUT2D eigenvalue weighted by Crippen LogP contribution is -2.43. The van der Waals surface area contributed by atoms with Crippen molar-refractivity contribution in [3.05, 3.63) is 82.4 Å². The number of nitrogens with one attached hydrogen (secondary N) is 1. The first-order chi connectivity index (χ1) is 16.3. The number of phenolic OH excluding ortho intramolecular Hbond substituents is 1. The fourth-order valence-electron chi connectivity index (χ4n) is 4.59. The number of benzene rings is 3. The van der Waals surface area contributed by atoms with Crippen LogP contribution in [0.25, 0.3) is 11.1 Å². The molecule has 3 N–H and O–H groups in total. The minimum Gasteiger partial charge on any atom is -0.507 e. The van der Waals surface area contributed by atoms with E-state index in [9.17, 15) is 19.8 Å². The number of carboxylic acids is 1. The van der Waals surface area contributed by atoms with Crippen molar-refractivity contribution in [1.29, 1.82) is 0 Å². The van der Waals surface area contributed by atoms with E-state index in [1.165, 1.54) is 7.11 Å². The van der Waals surface area contributed by atoms with Gasteiger partial charge in [-0.05, 0) is 53.3 Å². The minimum absolute atomic E-state index is 0.0149. The van der Waals surface area contributed by atoms with Gasteiger partial charge in [0.05, 0.1) is 7.11 Å². The maximum absolute atomic E-state index is 12.6. The number of hydrogen-bond donors (Lipinski definition) is 3. The summed E-state index contributed by atoms with van der Waals surface area (Å²) >= 11 is 0. The normalized spacial score (nSPS) is 13.0. The molecular formula is C27H27NO6. The van der Waals surface area contributed by atoms with Gasteiger partial charge in [-0.1, -0.05) is 48.5 Å². The van der Waals surface area contributed by atoms with Crippen molar-refractivity contribution < 1.29 is 29.3 Å². The summed E-state index contributed by atoms with van der Waals surface area (Å²) in [6.45, 7) is 3.52. The Kier molecular flexibility index (Phi) is 6.45. The van der Waals surface area contributed by atoms with Crippen LogP contribution in [0, 0.1) is 13.8 Å². The number of alkyl carbamates (subject to hydrolysis) is 1. The van der Waals surface area contributed by atoms with E-state index in [0.29, 0.717) is 22.4 Å². The van der Waals surface area contributed by atoms with Crippen LogP contribution >= 0.6 is 0 Å². The molecule has 0 saturated heterocycles. The first kappa shape index (κ1) is 23.2. The Hall–Kier alpha value is -4.00. The van der Waals surface area contributed by atoms with E-state index in [4.69, 9.17) is 9.47 Å². The molecule has 0 bridgehead atoms. The number of ether oxygens (including phenoxy) is 2. The third-order valence-corrected chi connectivity index (χ3v) is 6.39. The van der Waals surface area contributed by atoms with Gasteiger partial charge in [0.1, 0.15) is 24.1 Å². The fraction of sp³-hybridized carbons (Fsp3) is 0.259. The zero-order valence-corrected chi connectivity index (χ0v) is 19.3. The molecule has 0 spiro atoms. The average molecular weight is 462 g/mol. The SMILES string of the molecule is COc1cc(C)c(O)c(CC(NC(=O)OCC2c3ccccc3-c3ccccc32)C(=O)O)c1C. The summed E-state index contributed by atoms with van der Waals surface area (Å²) in [5.74, 6) is -0.837. The Bertz CT molecular complexity index is 1210. The number of amides is 1. The minimum atomic E-state index is -1.29. The molecule has 176 valence electrons. The van der Waals surface area contributed by atoms with Gasteiger partial charge in [-0.15, -0.1) is 0 Å². The van der Waals surface area contributed by atoms with Crippen LogP contribution in [0.15, 0.2) is 54.6 Å². The average Bonchev–Trinajstić information content (AvgIpc) is 3.15. The summed E-state index contributed by atoms with van der Waals surface area (Å²) in [6.07, 6.45) is -0.944. The molecule has 3 aromatic rings. The molecule has 1 aliphatic rings. The van der Waals surface area contributed by atoms with E-state index in [0.717, 1.165) is 22.3 Å². The summed E-state index contributed by atoms with van der Waals surface area (Å²) in [5, 5.41) is 22.7. The molecule has 0 heterocycles. The molecule has 1 amide bonds. The maximum Gasteiger partial charge on any atom is 0.407 e. The number of methoxy groups -OCH3 is 1. The largest absolute Gasteiger partial charge is 0.507 e. The Morgan fingerprint density at radius 3 is 2.18 bits per heavy atom. The van der Waals surface area contributed by atoms with E-state index in [1.807, 2.05) is 48.5 Å². The highest BCUT2D eigenvalue weighted by molar-refractivity contribution is 5.81. The number of carbonyl (C=O) groups is 2. The van der Waals surface area contributed by atoms with E-state index in [2.05, 4.69) is 5.32 Å². The number of aryl methyl sites for hydroxylation is 1. The van der Waals surface area contributed by atoms with Gasteiger partial charge in [0.15, 0.2) is 0 Å². The van der Waals surface area contributed by atoms with E-state index in [1.54, 1.807) is 19.9 Å². The van der Waals surface area contributed by atoms with Gasteiger partial charge in [0, 0.05) is 17.9 Å². The van der Waals surface area contributed by atoms with Crippen molar-refractivity contribution in [2.75, 3.05) is 13.7 Å². The number of hydrogen-bond acceptors (Lipinski definition) is 5. The predicted octanol–water partition coefficient (Wildman–Crippen LogP) is 4.55. The van der Waals surface area contributed by atoms with Crippen molar-refractivity contribution in [2.45, 2.75) is 32.2 Å². The van der Waals surface area contributed by atoms with E-state index >= 15 is 0 Å². The molecule has 1 unspecified atom stereocenters. The first-order valence-corrected chi connectivity index (χ1v) is 11.0. The monoisotopic (exact) mass is 461 g/mol. The topological polar surface area (TPSA) is 105 Å². The van der Waals surface area contributed by atoms with Crippen LogP contribution in [0.2, 0.25) is 0 Å². The molecule has 0 aliphatic heterocycles. The number of carboxylic acid groups (broad SMARTS) is 1. The smallest absolute Gasteiger partial charge is 0.407 e. The number of aliphatic carboxylic acids is 1. The van der Waals surface area contributed by atoms with Gasteiger partial charge < -0.3 is 25.0 Å². The second-order valence-corrected chi connectivity index (χ2v) is 8.41. The molecule has 0 saturated carbocycles. The lowest BCUT2D eigenvalue weighted by Gasteiger charge is -2.20. The molecule has 1 aliphatic carbocycles. The van der Waals surface area contributed by atoms with E-state index < -0.39 is 18.1 Å². The molecule has 34 heavy (non-hydrogen) atoms. The molecule has 3 aromatic carbocycles. The zero-order valence-electron chi connectivity index (χ0n) is 19.3. The van der Waals surface area contributed by atoms with Crippen molar-refractivity contribution in [2.24, 2.45) is 0 Å². The highest BCUT2D eigenvalue weighted by Gasteiger charge is 2.30. The van der Waals surface area contributed by atoms with Crippen molar-refractivity contribution >= 4 is 12.1 Å². The highest BCUT2D eigenvalue weighted by Crippen LogP contribution is 2.44. The number of rotatable bonds is 7. The number of phenols is 1. The van der Waals surface area contributed by atoms with Crippen LogP contribution in [0.1, 0.15) is 33.7 Å². The van der Waals surface area contributed by atoms with Crippen LogP contribution in [-0.2, 0) is 16.0 Å². The number of aromatic hydroxyl groups is 1. The lowest BCUT2D eigenvalue weighted by atomic mass is 9.96. The van der Waals surface area contributed by atoms with Gasteiger partial charge in [0.25, 0.3) is 0 Å².